The maximum atomic E-state index is 12.4. The Morgan fingerprint density at radius 1 is 0.867 bits per heavy atom. The number of ether oxygens (including phenoxy) is 1. The van der Waals surface area contributed by atoms with Gasteiger partial charge < -0.3 is 14.6 Å². The average Bonchev–Trinajstić information content (AvgIpc) is 3.16. The standard InChI is InChI=1S/C25H25N3O2/c29-25(20-11-3-1-4-12-20)26-19-24-27-22-15-7-8-16-23(22)28(24)17-9-10-18-30-21-13-5-2-6-14-21/h1-8,11-16H,9-10,17-19H2,(H,26,29). The first kappa shape index (κ1) is 19.7. The van der Waals surface area contributed by atoms with Gasteiger partial charge >= 0.3 is 0 Å². The molecule has 30 heavy (non-hydrogen) atoms. The number of hydrogen-bond acceptors (Lipinski definition) is 3. The number of benzene rings is 3. The number of rotatable bonds is 9. The molecular formula is C25H25N3O2. The molecule has 0 aliphatic heterocycles. The van der Waals surface area contributed by atoms with Crippen LogP contribution in [0.3, 0.4) is 0 Å². The lowest BCUT2D eigenvalue weighted by atomic mass is 10.2. The number of nitrogens with one attached hydrogen (secondary N) is 1. The minimum absolute atomic E-state index is 0.0922. The van der Waals surface area contributed by atoms with Crippen molar-refractivity contribution in [3.05, 3.63) is 96.3 Å². The van der Waals surface area contributed by atoms with Crippen molar-refractivity contribution < 1.29 is 9.53 Å². The molecule has 152 valence electrons. The van der Waals surface area contributed by atoms with E-state index in [-0.39, 0.29) is 5.91 Å². The first-order valence-electron chi connectivity index (χ1n) is 10.3. The van der Waals surface area contributed by atoms with E-state index >= 15 is 0 Å². The van der Waals surface area contributed by atoms with Crippen LogP contribution in [0.25, 0.3) is 11.0 Å². The molecule has 5 nitrogen and oxygen atoms in total. The molecule has 1 aromatic heterocycles. The van der Waals surface area contributed by atoms with Gasteiger partial charge in [-0.3, -0.25) is 4.79 Å². The molecule has 0 atom stereocenters. The van der Waals surface area contributed by atoms with Crippen LogP contribution >= 0.6 is 0 Å². The van der Waals surface area contributed by atoms with Gasteiger partial charge in [-0.15, -0.1) is 0 Å². The molecule has 5 heteroatoms. The number of para-hydroxylation sites is 3. The second-order valence-electron chi connectivity index (χ2n) is 7.09. The molecule has 0 unspecified atom stereocenters. The lowest BCUT2D eigenvalue weighted by Gasteiger charge is -2.11. The van der Waals surface area contributed by atoms with E-state index in [1.165, 1.54) is 0 Å². The van der Waals surface area contributed by atoms with E-state index in [0.717, 1.165) is 42.0 Å². The van der Waals surface area contributed by atoms with E-state index < -0.39 is 0 Å². The Morgan fingerprint density at radius 3 is 2.37 bits per heavy atom. The number of hydrogen-bond donors (Lipinski definition) is 1. The Morgan fingerprint density at radius 2 is 1.57 bits per heavy atom. The van der Waals surface area contributed by atoms with Gasteiger partial charge in [-0.25, -0.2) is 4.98 Å². The largest absolute Gasteiger partial charge is 0.494 e. The summed E-state index contributed by atoms with van der Waals surface area (Å²) in [6.45, 7) is 1.90. The van der Waals surface area contributed by atoms with Crippen molar-refractivity contribution in [3.8, 4) is 5.75 Å². The number of amides is 1. The van der Waals surface area contributed by atoms with E-state index in [0.29, 0.717) is 18.7 Å². The molecule has 0 aliphatic rings. The minimum atomic E-state index is -0.0922. The van der Waals surface area contributed by atoms with Crippen molar-refractivity contribution in [2.75, 3.05) is 6.61 Å². The molecule has 1 amide bonds. The highest BCUT2D eigenvalue weighted by atomic mass is 16.5. The van der Waals surface area contributed by atoms with Gasteiger partial charge in [-0.1, -0.05) is 48.5 Å². The first-order chi connectivity index (χ1) is 14.8. The summed E-state index contributed by atoms with van der Waals surface area (Å²) in [5.74, 6) is 1.67. The van der Waals surface area contributed by atoms with Gasteiger partial charge in [0.2, 0.25) is 0 Å². The van der Waals surface area contributed by atoms with Crippen LogP contribution in [0.4, 0.5) is 0 Å². The lowest BCUT2D eigenvalue weighted by Crippen LogP contribution is -2.24. The fraction of sp³-hybridized carbons (Fsp3) is 0.200. The van der Waals surface area contributed by atoms with Crippen molar-refractivity contribution >= 4 is 16.9 Å². The number of aromatic nitrogens is 2. The normalized spacial score (nSPS) is 10.8. The van der Waals surface area contributed by atoms with Gasteiger partial charge in [0.05, 0.1) is 24.2 Å². The molecule has 1 N–H and O–H groups in total. The number of carbonyl (C=O) groups excluding carboxylic acids is 1. The predicted molar refractivity (Wildman–Crippen MR) is 119 cm³/mol. The predicted octanol–water partition coefficient (Wildman–Crippen LogP) is 4.83. The molecule has 0 radical (unpaired) electrons. The Hall–Kier alpha value is -3.60. The van der Waals surface area contributed by atoms with Gasteiger partial charge in [-0.2, -0.15) is 0 Å². The van der Waals surface area contributed by atoms with Crippen LogP contribution in [0.1, 0.15) is 29.0 Å². The molecule has 0 saturated carbocycles. The zero-order valence-corrected chi connectivity index (χ0v) is 16.8. The maximum absolute atomic E-state index is 12.4. The molecule has 0 spiro atoms. The third-order valence-electron chi connectivity index (χ3n) is 4.96. The van der Waals surface area contributed by atoms with Crippen LogP contribution in [0.5, 0.6) is 5.75 Å². The molecule has 0 fully saturated rings. The molecule has 0 saturated heterocycles. The van der Waals surface area contributed by atoms with E-state index in [9.17, 15) is 4.79 Å². The molecule has 0 aliphatic carbocycles. The van der Waals surface area contributed by atoms with Crippen LogP contribution < -0.4 is 10.1 Å². The van der Waals surface area contributed by atoms with Crippen molar-refractivity contribution in [2.24, 2.45) is 0 Å². The lowest BCUT2D eigenvalue weighted by molar-refractivity contribution is 0.0949. The quantitative estimate of drug-likeness (QED) is 0.410. The summed E-state index contributed by atoms with van der Waals surface area (Å²) in [5.41, 5.74) is 2.69. The van der Waals surface area contributed by atoms with Gasteiger partial charge in [0.1, 0.15) is 11.6 Å². The zero-order chi connectivity index (χ0) is 20.6. The highest BCUT2D eigenvalue weighted by molar-refractivity contribution is 5.94. The second kappa shape index (κ2) is 9.74. The van der Waals surface area contributed by atoms with E-state index in [4.69, 9.17) is 9.72 Å². The van der Waals surface area contributed by atoms with E-state index in [2.05, 4.69) is 16.0 Å². The fourth-order valence-corrected chi connectivity index (χ4v) is 3.44. The van der Waals surface area contributed by atoms with Crippen molar-refractivity contribution in [2.45, 2.75) is 25.9 Å². The smallest absolute Gasteiger partial charge is 0.251 e. The number of fused-ring (bicyclic) bond motifs is 1. The average molecular weight is 399 g/mol. The summed E-state index contributed by atoms with van der Waals surface area (Å²) in [5, 5.41) is 2.99. The fourth-order valence-electron chi connectivity index (χ4n) is 3.44. The van der Waals surface area contributed by atoms with Gasteiger partial charge in [0.15, 0.2) is 0 Å². The summed E-state index contributed by atoms with van der Waals surface area (Å²) in [6, 6.07) is 27.2. The van der Waals surface area contributed by atoms with Crippen LogP contribution in [0, 0.1) is 0 Å². The Bertz CT molecular complexity index is 1090. The SMILES string of the molecule is O=C(NCc1nc2ccccc2n1CCCCOc1ccccc1)c1ccccc1. The Kier molecular flexibility index (Phi) is 6.40. The minimum Gasteiger partial charge on any atom is -0.494 e. The van der Waals surface area contributed by atoms with Gasteiger partial charge in [0, 0.05) is 12.1 Å². The molecule has 0 bridgehead atoms. The monoisotopic (exact) mass is 399 g/mol. The van der Waals surface area contributed by atoms with Crippen molar-refractivity contribution in [1.29, 1.82) is 0 Å². The molecular weight excluding hydrogens is 374 g/mol. The Balaban J connectivity index is 1.38. The summed E-state index contributed by atoms with van der Waals surface area (Å²) in [4.78, 5) is 17.2. The first-order valence-corrected chi connectivity index (χ1v) is 10.3. The zero-order valence-electron chi connectivity index (χ0n) is 16.8. The van der Waals surface area contributed by atoms with Gasteiger partial charge in [0.25, 0.3) is 5.91 Å². The van der Waals surface area contributed by atoms with Crippen LogP contribution in [-0.2, 0) is 13.1 Å². The third-order valence-corrected chi connectivity index (χ3v) is 4.96. The number of aryl methyl sites for hydroxylation is 1. The summed E-state index contributed by atoms with van der Waals surface area (Å²) in [6.07, 6.45) is 1.91. The maximum Gasteiger partial charge on any atom is 0.251 e. The number of unbranched alkanes of at least 4 members (excludes halogenated alkanes) is 1. The topological polar surface area (TPSA) is 56.2 Å². The second-order valence-corrected chi connectivity index (χ2v) is 7.09. The highest BCUT2D eigenvalue weighted by Gasteiger charge is 2.12. The molecule has 3 aromatic carbocycles. The van der Waals surface area contributed by atoms with Crippen LogP contribution in [0.2, 0.25) is 0 Å². The van der Waals surface area contributed by atoms with Gasteiger partial charge in [-0.05, 0) is 49.2 Å². The van der Waals surface area contributed by atoms with Crippen molar-refractivity contribution in [1.82, 2.24) is 14.9 Å². The van der Waals surface area contributed by atoms with E-state index in [1.54, 1.807) is 0 Å². The Labute approximate surface area is 176 Å². The molecule has 4 rings (SSSR count). The summed E-state index contributed by atoms with van der Waals surface area (Å²) in [7, 11) is 0. The number of imidazole rings is 1. The third kappa shape index (κ3) is 4.87. The molecule has 4 aromatic rings. The number of carbonyl (C=O) groups is 1. The van der Waals surface area contributed by atoms with Crippen molar-refractivity contribution in [3.63, 3.8) is 0 Å². The summed E-state index contributed by atoms with van der Waals surface area (Å²) >= 11 is 0. The number of nitrogens with zero attached hydrogens (tertiary/aromatic N) is 2. The molecule has 1 heterocycles. The van der Waals surface area contributed by atoms with E-state index in [1.807, 2.05) is 78.9 Å². The highest BCUT2D eigenvalue weighted by Crippen LogP contribution is 2.17. The summed E-state index contributed by atoms with van der Waals surface area (Å²) < 4.78 is 7.99. The van der Waals surface area contributed by atoms with Crippen LogP contribution in [-0.4, -0.2) is 22.1 Å². The van der Waals surface area contributed by atoms with Crippen LogP contribution in [0.15, 0.2) is 84.9 Å².